The highest BCUT2D eigenvalue weighted by Gasteiger charge is 2.14. The minimum atomic E-state index is 0.386. The van der Waals surface area contributed by atoms with Gasteiger partial charge in [-0.25, -0.2) is 9.97 Å². The van der Waals surface area contributed by atoms with Crippen molar-refractivity contribution >= 4 is 23.4 Å². The highest BCUT2D eigenvalue weighted by Crippen LogP contribution is 2.20. The molecule has 1 aromatic heterocycles. The van der Waals surface area contributed by atoms with Crippen molar-refractivity contribution in [1.82, 2.24) is 9.97 Å². The van der Waals surface area contributed by atoms with Crippen LogP contribution in [0.3, 0.4) is 0 Å². The first kappa shape index (κ1) is 16.1. The summed E-state index contributed by atoms with van der Waals surface area (Å²) in [4.78, 5) is 11.2. The molecule has 1 atom stereocenters. The second kappa shape index (κ2) is 8.20. The van der Waals surface area contributed by atoms with E-state index >= 15 is 0 Å². The first-order chi connectivity index (χ1) is 11.3. The maximum Gasteiger partial charge on any atom is 0.134 e. The number of anilines is 2. The fraction of sp³-hybridized carbons (Fsp3) is 0.444. The Hall–Kier alpha value is -1.75. The van der Waals surface area contributed by atoms with Crippen LogP contribution in [0.1, 0.15) is 18.9 Å². The highest BCUT2D eigenvalue weighted by atomic mass is 32.2. The Kier molecular flexibility index (Phi) is 5.75. The predicted molar refractivity (Wildman–Crippen MR) is 99.4 cm³/mol. The summed E-state index contributed by atoms with van der Waals surface area (Å²) in [7, 11) is 0. The minimum absolute atomic E-state index is 0.386. The largest absolute Gasteiger partial charge is 0.367 e. The molecule has 1 N–H and O–H groups in total. The predicted octanol–water partition coefficient (Wildman–Crippen LogP) is 3.46. The van der Waals surface area contributed by atoms with Gasteiger partial charge in [0.15, 0.2) is 0 Å². The lowest BCUT2D eigenvalue weighted by Crippen LogP contribution is -2.33. The number of thioether (sulfide) groups is 1. The maximum atomic E-state index is 4.45. The van der Waals surface area contributed by atoms with Crippen LogP contribution in [-0.2, 0) is 6.42 Å². The number of rotatable bonds is 6. The third-order valence-corrected chi connectivity index (χ3v) is 5.10. The van der Waals surface area contributed by atoms with Crippen molar-refractivity contribution in [3.05, 3.63) is 48.3 Å². The molecule has 0 saturated carbocycles. The molecular formula is C18H24N4S. The Morgan fingerprint density at radius 1 is 1.17 bits per heavy atom. The third-order valence-electron chi connectivity index (χ3n) is 4.16. The number of aromatic nitrogens is 2. The fourth-order valence-electron chi connectivity index (χ4n) is 2.80. The maximum absolute atomic E-state index is 4.45. The van der Waals surface area contributed by atoms with E-state index in [0.29, 0.717) is 6.04 Å². The molecule has 3 rings (SSSR count). The van der Waals surface area contributed by atoms with Crippen LogP contribution in [0.5, 0.6) is 0 Å². The molecule has 0 aliphatic carbocycles. The normalized spacial score (nSPS) is 16.1. The van der Waals surface area contributed by atoms with E-state index in [-0.39, 0.29) is 0 Å². The summed E-state index contributed by atoms with van der Waals surface area (Å²) in [6.07, 6.45) is 3.75. The van der Waals surface area contributed by atoms with E-state index < -0.39 is 0 Å². The van der Waals surface area contributed by atoms with Gasteiger partial charge in [-0.15, -0.1) is 0 Å². The lowest BCUT2D eigenvalue weighted by Gasteiger charge is -2.27. The van der Waals surface area contributed by atoms with E-state index in [2.05, 4.69) is 63.5 Å². The lowest BCUT2D eigenvalue weighted by atomic mass is 10.0. The molecule has 0 spiro atoms. The fourth-order valence-corrected chi connectivity index (χ4v) is 3.70. The van der Waals surface area contributed by atoms with E-state index in [9.17, 15) is 0 Å². The van der Waals surface area contributed by atoms with Gasteiger partial charge in [-0.1, -0.05) is 37.3 Å². The molecule has 23 heavy (non-hydrogen) atoms. The first-order valence-electron chi connectivity index (χ1n) is 8.30. The summed E-state index contributed by atoms with van der Waals surface area (Å²) < 4.78 is 0. The van der Waals surface area contributed by atoms with E-state index in [4.69, 9.17) is 0 Å². The summed E-state index contributed by atoms with van der Waals surface area (Å²) in [5.41, 5.74) is 1.36. The Morgan fingerprint density at radius 2 is 1.96 bits per heavy atom. The molecule has 1 aliphatic rings. The Balaban J connectivity index is 1.66. The smallest absolute Gasteiger partial charge is 0.134 e. The number of hydrogen-bond acceptors (Lipinski definition) is 5. The van der Waals surface area contributed by atoms with E-state index in [1.807, 2.05) is 11.8 Å². The van der Waals surface area contributed by atoms with Gasteiger partial charge in [-0.2, -0.15) is 11.8 Å². The molecule has 5 heteroatoms. The van der Waals surface area contributed by atoms with E-state index in [1.54, 1.807) is 6.33 Å². The van der Waals surface area contributed by atoms with Crippen LogP contribution in [0.2, 0.25) is 0 Å². The van der Waals surface area contributed by atoms with Gasteiger partial charge in [0.25, 0.3) is 0 Å². The van der Waals surface area contributed by atoms with Crippen LogP contribution < -0.4 is 10.2 Å². The standard InChI is InChI=1S/C18H24N4S/c1-2-16(12-15-6-4-3-5-7-15)21-17-13-18(20-14-19-17)22-8-10-23-11-9-22/h3-7,13-14,16H,2,8-12H2,1H3,(H,19,20,21). The van der Waals surface area contributed by atoms with Crippen LogP contribution in [0.25, 0.3) is 0 Å². The number of nitrogens with one attached hydrogen (secondary N) is 1. The molecule has 122 valence electrons. The van der Waals surface area contributed by atoms with Gasteiger partial charge < -0.3 is 10.2 Å². The summed E-state index contributed by atoms with van der Waals surface area (Å²) in [5, 5.41) is 3.57. The quantitative estimate of drug-likeness (QED) is 0.879. The highest BCUT2D eigenvalue weighted by molar-refractivity contribution is 7.99. The number of nitrogens with zero attached hydrogens (tertiary/aromatic N) is 3. The Morgan fingerprint density at radius 3 is 2.70 bits per heavy atom. The lowest BCUT2D eigenvalue weighted by molar-refractivity contribution is 0.686. The van der Waals surface area contributed by atoms with Crippen molar-refractivity contribution in [3.63, 3.8) is 0 Å². The van der Waals surface area contributed by atoms with Gasteiger partial charge in [-0.3, -0.25) is 0 Å². The molecule has 1 saturated heterocycles. The molecule has 2 aromatic rings. The second-order valence-corrected chi connectivity index (χ2v) is 7.02. The molecule has 1 aromatic carbocycles. The van der Waals surface area contributed by atoms with Gasteiger partial charge in [-0.05, 0) is 18.4 Å². The van der Waals surface area contributed by atoms with Crippen molar-refractivity contribution in [1.29, 1.82) is 0 Å². The van der Waals surface area contributed by atoms with Gasteiger partial charge in [0.1, 0.15) is 18.0 Å². The van der Waals surface area contributed by atoms with Crippen molar-refractivity contribution in [3.8, 4) is 0 Å². The molecule has 0 bridgehead atoms. The van der Waals surface area contributed by atoms with Crippen molar-refractivity contribution in [2.75, 3.05) is 34.8 Å². The molecule has 4 nitrogen and oxygen atoms in total. The van der Waals surface area contributed by atoms with Crippen LogP contribution in [0.4, 0.5) is 11.6 Å². The molecule has 1 aliphatic heterocycles. The molecule has 2 heterocycles. The zero-order valence-electron chi connectivity index (χ0n) is 13.6. The van der Waals surface area contributed by atoms with Crippen LogP contribution in [0, 0.1) is 0 Å². The van der Waals surface area contributed by atoms with Gasteiger partial charge in [0.05, 0.1) is 0 Å². The van der Waals surface area contributed by atoms with E-state index in [0.717, 1.165) is 37.6 Å². The zero-order chi connectivity index (χ0) is 15.9. The zero-order valence-corrected chi connectivity index (χ0v) is 14.4. The van der Waals surface area contributed by atoms with Crippen molar-refractivity contribution in [2.24, 2.45) is 0 Å². The SMILES string of the molecule is CCC(Cc1ccccc1)Nc1cc(N2CCSCC2)ncn1. The first-order valence-corrected chi connectivity index (χ1v) is 9.46. The van der Waals surface area contributed by atoms with Crippen molar-refractivity contribution < 1.29 is 0 Å². The molecule has 0 amide bonds. The van der Waals surface area contributed by atoms with Crippen molar-refractivity contribution in [2.45, 2.75) is 25.8 Å². The average Bonchev–Trinajstić information content (AvgIpc) is 2.63. The van der Waals surface area contributed by atoms with Gasteiger partial charge in [0.2, 0.25) is 0 Å². The topological polar surface area (TPSA) is 41.0 Å². The van der Waals surface area contributed by atoms with Crippen LogP contribution >= 0.6 is 11.8 Å². The average molecular weight is 328 g/mol. The minimum Gasteiger partial charge on any atom is -0.367 e. The second-order valence-electron chi connectivity index (χ2n) is 5.80. The molecule has 1 unspecified atom stereocenters. The van der Waals surface area contributed by atoms with Crippen LogP contribution in [-0.4, -0.2) is 40.6 Å². The summed E-state index contributed by atoms with van der Waals surface area (Å²) in [6.45, 7) is 4.36. The van der Waals surface area contributed by atoms with E-state index in [1.165, 1.54) is 17.1 Å². The van der Waals surface area contributed by atoms with Gasteiger partial charge in [0, 0.05) is 36.7 Å². The number of hydrogen-bond donors (Lipinski definition) is 1. The van der Waals surface area contributed by atoms with Gasteiger partial charge >= 0.3 is 0 Å². The third kappa shape index (κ3) is 4.61. The number of benzene rings is 1. The molecule has 0 radical (unpaired) electrons. The molecule has 1 fully saturated rings. The summed E-state index contributed by atoms with van der Waals surface area (Å²) in [5.74, 6) is 4.32. The summed E-state index contributed by atoms with van der Waals surface area (Å²) >= 11 is 2.01. The summed E-state index contributed by atoms with van der Waals surface area (Å²) in [6, 6.07) is 13.1. The Bertz CT molecular complexity index is 599. The Labute approximate surface area is 142 Å². The monoisotopic (exact) mass is 328 g/mol. The van der Waals surface area contributed by atoms with Crippen LogP contribution in [0.15, 0.2) is 42.7 Å². The molecular weight excluding hydrogens is 304 g/mol.